The van der Waals surface area contributed by atoms with Gasteiger partial charge in [0.25, 0.3) is 0 Å². The molecule has 1 aliphatic heterocycles. The van der Waals surface area contributed by atoms with Crippen LogP contribution in [0.25, 0.3) is 0 Å². The lowest BCUT2D eigenvalue weighted by Gasteiger charge is -2.27. The first-order valence-corrected chi connectivity index (χ1v) is 8.22. The molecule has 3 heteroatoms. The Labute approximate surface area is 121 Å². The van der Waals surface area contributed by atoms with Crippen molar-refractivity contribution >= 4 is 11.8 Å². The van der Waals surface area contributed by atoms with E-state index in [-0.39, 0.29) is 0 Å². The molecule has 1 fully saturated rings. The molecular formula is C16H25NOS. The first-order valence-electron chi connectivity index (χ1n) is 7.17. The van der Waals surface area contributed by atoms with E-state index in [0.717, 1.165) is 12.3 Å². The normalized spacial score (nSPS) is 20.5. The third kappa shape index (κ3) is 3.26. The van der Waals surface area contributed by atoms with Crippen LogP contribution in [0.2, 0.25) is 0 Å². The largest absolute Gasteiger partial charge is 0.496 e. The predicted molar refractivity (Wildman–Crippen MR) is 84.4 cm³/mol. The fourth-order valence-corrected chi connectivity index (χ4v) is 4.41. The zero-order chi connectivity index (χ0) is 13.8. The molecule has 2 unspecified atom stereocenters. The van der Waals surface area contributed by atoms with Gasteiger partial charge in [-0.15, -0.1) is 0 Å². The Morgan fingerprint density at radius 3 is 2.79 bits per heavy atom. The quantitative estimate of drug-likeness (QED) is 0.884. The van der Waals surface area contributed by atoms with Gasteiger partial charge in [-0.05, 0) is 56.2 Å². The van der Waals surface area contributed by atoms with Crippen LogP contribution >= 0.6 is 11.8 Å². The Morgan fingerprint density at radius 1 is 1.42 bits per heavy atom. The summed E-state index contributed by atoms with van der Waals surface area (Å²) in [5.74, 6) is 2.33. The van der Waals surface area contributed by atoms with Crippen molar-refractivity contribution in [2.75, 3.05) is 19.4 Å². The molecule has 106 valence electrons. The highest BCUT2D eigenvalue weighted by Crippen LogP contribution is 2.40. The summed E-state index contributed by atoms with van der Waals surface area (Å²) in [5, 5.41) is 4.35. The van der Waals surface area contributed by atoms with Crippen LogP contribution in [0.3, 0.4) is 0 Å². The molecule has 0 spiro atoms. The highest BCUT2D eigenvalue weighted by molar-refractivity contribution is 8.00. The van der Waals surface area contributed by atoms with Crippen LogP contribution in [0.4, 0.5) is 0 Å². The van der Waals surface area contributed by atoms with Crippen molar-refractivity contribution < 1.29 is 4.74 Å². The van der Waals surface area contributed by atoms with E-state index in [1.54, 1.807) is 7.11 Å². The predicted octanol–water partition coefficient (Wildman–Crippen LogP) is 3.86. The summed E-state index contributed by atoms with van der Waals surface area (Å²) in [4.78, 5) is 0. The van der Waals surface area contributed by atoms with E-state index in [4.69, 9.17) is 4.74 Å². The van der Waals surface area contributed by atoms with Crippen molar-refractivity contribution in [3.05, 3.63) is 28.8 Å². The number of thioether (sulfide) groups is 1. The summed E-state index contributed by atoms with van der Waals surface area (Å²) >= 11 is 2.10. The lowest BCUT2D eigenvalue weighted by molar-refractivity contribution is 0.396. The first-order chi connectivity index (χ1) is 9.17. The van der Waals surface area contributed by atoms with Crippen LogP contribution in [-0.4, -0.2) is 24.7 Å². The van der Waals surface area contributed by atoms with Crippen LogP contribution in [0.1, 0.15) is 42.5 Å². The molecule has 0 amide bonds. The fourth-order valence-electron chi connectivity index (χ4n) is 3.01. The van der Waals surface area contributed by atoms with Crippen molar-refractivity contribution in [2.45, 2.75) is 44.9 Å². The maximum atomic E-state index is 5.64. The van der Waals surface area contributed by atoms with E-state index in [1.807, 2.05) is 0 Å². The molecule has 1 aliphatic rings. The van der Waals surface area contributed by atoms with Crippen LogP contribution in [-0.2, 0) is 0 Å². The summed E-state index contributed by atoms with van der Waals surface area (Å²) in [6.07, 6.45) is 2.64. The van der Waals surface area contributed by atoms with E-state index in [2.05, 4.69) is 50.0 Å². The SMILES string of the molecule is CCNC(c1c(C)cc(C)cc1OC)C1CCCS1. The van der Waals surface area contributed by atoms with E-state index in [1.165, 1.54) is 35.3 Å². The molecule has 1 heterocycles. The summed E-state index contributed by atoms with van der Waals surface area (Å²) in [6, 6.07) is 4.83. The Bertz CT molecular complexity index is 427. The molecule has 1 saturated heterocycles. The Kier molecular flexibility index (Phi) is 5.17. The average molecular weight is 279 g/mol. The van der Waals surface area contributed by atoms with Gasteiger partial charge in [0.05, 0.1) is 7.11 Å². The summed E-state index contributed by atoms with van der Waals surface area (Å²) in [7, 11) is 1.78. The minimum atomic E-state index is 0.410. The van der Waals surface area contributed by atoms with Crippen molar-refractivity contribution in [1.29, 1.82) is 0 Å². The van der Waals surface area contributed by atoms with Crippen LogP contribution in [0, 0.1) is 13.8 Å². The number of nitrogens with one attached hydrogen (secondary N) is 1. The highest BCUT2D eigenvalue weighted by Gasteiger charge is 2.29. The number of rotatable bonds is 5. The second kappa shape index (κ2) is 6.67. The molecule has 0 radical (unpaired) electrons. The minimum absolute atomic E-state index is 0.410. The minimum Gasteiger partial charge on any atom is -0.496 e. The van der Waals surface area contributed by atoms with Gasteiger partial charge in [0.2, 0.25) is 0 Å². The monoisotopic (exact) mass is 279 g/mol. The van der Waals surface area contributed by atoms with E-state index in [9.17, 15) is 0 Å². The molecule has 2 nitrogen and oxygen atoms in total. The van der Waals surface area contributed by atoms with Crippen molar-refractivity contribution in [1.82, 2.24) is 5.32 Å². The summed E-state index contributed by atoms with van der Waals surface area (Å²) in [6.45, 7) is 7.52. The standard InChI is InChI=1S/C16H25NOS/c1-5-17-16(14-7-6-8-19-14)15-12(3)9-11(2)10-13(15)18-4/h9-10,14,16-17H,5-8H2,1-4H3. The molecule has 1 N–H and O–H groups in total. The van der Waals surface area contributed by atoms with Gasteiger partial charge in [-0.2, -0.15) is 11.8 Å². The van der Waals surface area contributed by atoms with Gasteiger partial charge in [-0.1, -0.05) is 13.0 Å². The van der Waals surface area contributed by atoms with E-state index >= 15 is 0 Å². The maximum absolute atomic E-state index is 5.64. The van der Waals surface area contributed by atoms with Gasteiger partial charge >= 0.3 is 0 Å². The second-order valence-corrected chi connectivity index (χ2v) is 6.63. The average Bonchev–Trinajstić information content (AvgIpc) is 2.89. The molecule has 1 aromatic carbocycles. The molecule has 0 aliphatic carbocycles. The van der Waals surface area contributed by atoms with E-state index in [0.29, 0.717) is 11.3 Å². The highest BCUT2D eigenvalue weighted by atomic mass is 32.2. The molecule has 0 saturated carbocycles. The Morgan fingerprint density at radius 2 is 2.21 bits per heavy atom. The molecule has 2 atom stereocenters. The Hall–Kier alpha value is -0.670. The third-order valence-corrected chi connectivity index (χ3v) is 5.25. The maximum Gasteiger partial charge on any atom is 0.124 e. The lowest BCUT2D eigenvalue weighted by Crippen LogP contribution is -2.30. The smallest absolute Gasteiger partial charge is 0.124 e. The van der Waals surface area contributed by atoms with Gasteiger partial charge in [-0.25, -0.2) is 0 Å². The molecule has 2 rings (SSSR count). The van der Waals surface area contributed by atoms with Gasteiger partial charge in [-0.3, -0.25) is 0 Å². The van der Waals surface area contributed by atoms with Crippen molar-refractivity contribution in [3.8, 4) is 5.75 Å². The van der Waals surface area contributed by atoms with Crippen molar-refractivity contribution in [2.24, 2.45) is 0 Å². The summed E-state index contributed by atoms with van der Waals surface area (Å²) in [5.41, 5.74) is 3.97. The third-order valence-electron chi connectivity index (χ3n) is 3.78. The van der Waals surface area contributed by atoms with Gasteiger partial charge in [0.15, 0.2) is 0 Å². The molecular weight excluding hydrogens is 254 g/mol. The van der Waals surface area contributed by atoms with Gasteiger partial charge in [0.1, 0.15) is 5.75 Å². The number of hydrogen-bond acceptors (Lipinski definition) is 3. The molecule has 0 aromatic heterocycles. The zero-order valence-corrected chi connectivity index (χ0v) is 13.3. The lowest BCUT2D eigenvalue weighted by atomic mass is 9.94. The molecule has 19 heavy (non-hydrogen) atoms. The Balaban J connectivity index is 2.39. The van der Waals surface area contributed by atoms with Crippen LogP contribution in [0.5, 0.6) is 5.75 Å². The van der Waals surface area contributed by atoms with Crippen molar-refractivity contribution in [3.63, 3.8) is 0 Å². The molecule has 0 bridgehead atoms. The topological polar surface area (TPSA) is 21.3 Å². The number of ether oxygens (including phenoxy) is 1. The van der Waals surface area contributed by atoms with E-state index < -0.39 is 0 Å². The van der Waals surface area contributed by atoms with Crippen LogP contribution < -0.4 is 10.1 Å². The van der Waals surface area contributed by atoms with Gasteiger partial charge in [0, 0.05) is 16.9 Å². The number of benzene rings is 1. The fraction of sp³-hybridized carbons (Fsp3) is 0.625. The van der Waals surface area contributed by atoms with Crippen LogP contribution in [0.15, 0.2) is 12.1 Å². The summed E-state index contributed by atoms with van der Waals surface area (Å²) < 4.78 is 5.64. The number of hydrogen-bond donors (Lipinski definition) is 1. The molecule has 1 aromatic rings. The van der Waals surface area contributed by atoms with Gasteiger partial charge < -0.3 is 10.1 Å². The first kappa shape index (κ1) is 14.7. The zero-order valence-electron chi connectivity index (χ0n) is 12.5. The second-order valence-electron chi connectivity index (χ2n) is 5.28. The number of methoxy groups -OCH3 is 1. The number of aryl methyl sites for hydroxylation is 2.